The van der Waals surface area contributed by atoms with Gasteiger partial charge in [-0.3, -0.25) is 0 Å². The molecule has 2 heterocycles. The maximum atomic E-state index is 5.87. The number of nitrogens with one attached hydrogen (secondary N) is 1. The van der Waals surface area contributed by atoms with E-state index < -0.39 is 0 Å². The van der Waals surface area contributed by atoms with Gasteiger partial charge in [0.2, 0.25) is 0 Å². The number of fused-ring (bicyclic) bond motifs is 1. The lowest BCUT2D eigenvalue weighted by molar-refractivity contribution is 0.0228. The first-order valence-electron chi connectivity index (χ1n) is 7.88. The first-order chi connectivity index (χ1) is 9.67. The predicted molar refractivity (Wildman–Crippen MR) is 80.6 cm³/mol. The molecule has 0 saturated carbocycles. The van der Waals surface area contributed by atoms with Crippen molar-refractivity contribution in [3.8, 4) is 0 Å². The number of aromatic nitrogens is 2. The monoisotopic (exact) mass is 277 g/mol. The molecule has 1 aromatic rings. The zero-order chi connectivity index (χ0) is 14.5. The average Bonchev–Trinajstić information content (AvgIpc) is 2.44. The van der Waals surface area contributed by atoms with Crippen molar-refractivity contribution < 1.29 is 4.74 Å². The van der Waals surface area contributed by atoms with Crippen molar-refractivity contribution in [1.29, 1.82) is 0 Å². The van der Waals surface area contributed by atoms with Gasteiger partial charge in [0.1, 0.15) is 6.10 Å². The van der Waals surface area contributed by atoms with Crippen LogP contribution in [0.3, 0.4) is 0 Å². The van der Waals surface area contributed by atoms with Crippen molar-refractivity contribution in [3.05, 3.63) is 22.8 Å². The summed E-state index contributed by atoms with van der Waals surface area (Å²) in [6.45, 7) is 11.2. The fraction of sp³-hybridized carbons (Fsp3) is 0.750. The van der Waals surface area contributed by atoms with Crippen LogP contribution in [0.4, 0.5) is 0 Å². The van der Waals surface area contributed by atoms with Gasteiger partial charge < -0.3 is 10.1 Å². The largest absolute Gasteiger partial charge is 0.370 e. The zero-order valence-electron chi connectivity index (χ0n) is 13.2. The summed E-state index contributed by atoms with van der Waals surface area (Å²) in [5, 5.41) is 3.41. The molecular formula is C16H27N3O. The minimum Gasteiger partial charge on any atom is -0.370 e. The van der Waals surface area contributed by atoms with Crippen LogP contribution in [0.25, 0.3) is 0 Å². The molecule has 0 radical (unpaired) electrons. The minimum atomic E-state index is 0.00262. The van der Waals surface area contributed by atoms with Crippen LogP contribution >= 0.6 is 0 Å². The molecule has 0 aromatic carbocycles. The molecule has 0 aliphatic carbocycles. The van der Waals surface area contributed by atoms with Crippen molar-refractivity contribution in [3.63, 3.8) is 0 Å². The van der Waals surface area contributed by atoms with Crippen LogP contribution in [0, 0.1) is 5.92 Å². The van der Waals surface area contributed by atoms with E-state index in [1.807, 2.05) is 6.92 Å². The molecule has 0 fully saturated rings. The van der Waals surface area contributed by atoms with Gasteiger partial charge in [-0.2, -0.15) is 0 Å². The maximum Gasteiger partial charge on any atom is 0.157 e. The Labute approximate surface area is 122 Å². The third-order valence-corrected chi connectivity index (χ3v) is 3.73. The highest BCUT2D eigenvalue weighted by molar-refractivity contribution is 5.29. The number of nitrogens with zero attached hydrogens (tertiary/aromatic N) is 2. The fourth-order valence-corrected chi connectivity index (χ4v) is 2.77. The smallest absolute Gasteiger partial charge is 0.157 e. The van der Waals surface area contributed by atoms with Crippen LogP contribution in [0.2, 0.25) is 0 Å². The van der Waals surface area contributed by atoms with Crippen LogP contribution in [-0.4, -0.2) is 23.1 Å². The van der Waals surface area contributed by atoms with Crippen LogP contribution in [0.15, 0.2) is 0 Å². The molecule has 4 nitrogen and oxygen atoms in total. The van der Waals surface area contributed by atoms with E-state index >= 15 is 0 Å². The fourth-order valence-electron chi connectivity index (χ4n) is 2.77. The number of aryl methyl sites for hydroxylation is 1. The first kappa shape index (κ1) is 15.4. The molecule has 1 N–H and O–H groups in total. The third kappa shape index (κ3) is 3.36. The van der Waals surface area contributed by atoms with Crippen LogP contribution in [-0.2, 0) is 24.1 Å². The number of hydrogen-bond acceptors (Lipinski definition) is 4. The Balaban J connectivity index is 2.40. The number of rotatable bonds is 6. The highest BCUT2D eigenvalue weighted by atomic mass is 16.5. The predicted octanol–water partition coefficient (Wildman–Crippen LogP) is 2.81. The second-order valence-electron chi connectivity index (χ2n) is 5.75. The van der Waals surface area contributed by atoms with Gasteiger partial charge in [0.15, 0.2) is 5.82 Å². The zero-order valence-corrected chi connectivity index (χ0v) is 13.2. The van der Waals surface area contributed by atoms with Gasteiger partial charge in [-0.25, -0.2) is 9.97 Å². The van der Waals surface area contributed by atoms with E-state index in [0.717, 1.165) is 38.2 Å². The van der Waals surface area contributed by atoms with E-state index in [9.17, 15) is 0 Å². The Morgan fingerprint density at radius 1 is 1.25 bits per heavy atom. The Hall–Kier alpha value is -1.00. The molecule has 1 atom stereocenters. The quantitative estimate of drug-likeness (QED) is 0.868. The normalized spacial score (nSPS) is 16.2. The summed E-state index contributed by atoms with van der Waals surface area (Å²) in [5.41, 5.74) is 3.78. The highest BCUT2D eigenvalue weighted by Gasteiger charge is 2.23. The Bertz CT molecular complexity index is 446. The summed E-state index contributed by atoms with van der Waals surface area (Å²) in [7, 11) is 0. The standard InChI is InChI=1S/C16H27N3O/c1-5-7-13-12-8-9-17-10-14(12)19-16(18-13)15(11(3)4)20-6-2/h11,15,17H,5-10H2,1-4H3. The van der Waals surface area contributed by atoms with E-state index in [2.05, 4.69) is 26.1 Å². The molecule has 1 aliphatic rings. The van der Waals surface area contributed by atoms with Gasteiger partial charge in [-0.1, -0.05) is 27.2 Å². The molecule has 0 amide bonds. The van der Waals surface area contributed by atoms with Crippen molar-refractivity contribution >= 4 is 0 Å². The Morgan fingerprint density at radius 3 is 2.70 bits per heavy atom. The summed E-state index contributed by atoms with van der Waals surface area (Å²) < 4.78 is 5.87. The molecule has 0 bridgehead atoms. The van der Waals surface area contributed by atoms with Gasteiger partial charge in [0, 0.05) is 18.8 Å². The molecule has 1 aliphatic heterocycles. The number of ether oxygens (including phenoxy) is 1. The summed E-state index contributed by atoms with van der Waals surface area (Å²) in [4.78, 5) is 9.65. The van der Waals surface area contributed by atoms with Gasteiger partial charge in [-0.15, -0.1) is 0 Å². The molecule has 2 rings (SSSR count). The summed E-state index contributed by atoms with van der Waals surface area (Å²) in [5.74, 6) is 1.26. The lowest BCUT2D eigenvalue weighted by Gasteiger charge is -2.24. The van der Waals surface area contributed by atoms with E-state index in [-0.39, 0.29) is 6.10 Å². The van der Waals surface area contributed by atoms with E-state index in [1.54, 1.807) is 0 Å². The average molecular weight is 277 g/mol. The second-order valence-corrected chi connectivity index (χ2v) is 5.75. The lowest BCUT2D eigenvalue weighted by atomic mass is 10.00. The van der Waals surface area contributed by atoms with E-state index in [1.165, 1.54) is 17.0 Å². The minimum absolute atomic E-state index is 0.00262. The van der Waals surface area contributed by atoms with Crippen molar-refractivity contribution in [2.45, 2.75) is 59.6 Å². The summed E-state index contributed by atoms with van der Waals surface area (Å²) in [6.07, 6.45) is 3.21. The van der Waals surface area contributed by atoms with E-state index in [0.29, 0.717) is 12.5 Å². The van der Waals surface area contributed by atoms with Crippen molar-refractivity contribution in [2.24, 2.45) is 5.92 Å². The Morgan fingerprint density at radius 2 is 2.05 bits per heavy atom. The SMILES string of the molecule is CCCc1nc(C(OCC)C(C)C)nc2c1CCNC2. The van der Waals surface area contributed by atoms with Crippen molar-refractivity contribution in [2.75, 3.05) is 13.2 Å². The lowest BCUT2D eigenvalue weighted by Crippen LogP contribution is -2.28. The highest BCUT2D eigenvalue weighted by Crippen LogP contribution is 2.26. The maximum absolute atomic E-state index is 5.87. The molecular weight excluding hydrogens is 250 g/mol. The van der Waals surface area contributed by atoms with Gasteiger partial charge in [0.25, 0.3) is 0 Å². The molecule has 112 valence electrons. The molecule has 1 unspecified atom stereocenters. The molecule has 0 spiro atoms. The van der Waals surface area contributed by atoms with Crippen LogP contribution in [0.5, 0.6) is 0 Å². The third-order valence-electron chi connectivity index (χ3n) is 3.73. The molecule has 20 heavy (non-hydrogen) atoms. The molecule has 1 aromatic heterocycles. The summed E-state index contributed by atoms with van der Waals surface area (Å²) >= 11 is 0. The van der Waals surface area contributed by atoms with Gasteiger partial charge >= 0.3 is 0 Å². The Kier molecular flexibility index (Phi) is 5.49. The van der Waals surface area contributed by atoms with E-state index in [4.69, 9.17) is 14.7 Å². The van der Waals surface area contributed by atoms with Crippen molar-refractivity contribution in [1.82, 2.24) is 15.3 Å². The van der Waals surface area contributed by atoms with Gasteiger partial charge in [0.05, 0.1) is 5.69 Å². The van der Waals surface area contributed by atoms with Gasteiger partial charge in [-0.05, 0) is 37.8 Å². The second kappa shape index (κ2) is 7.14. The number of hydrogen-bond donors (Lipinski definition) is 1. The first-order valence-corrected chi connectivity index (χ1v) is 7.88. The van der Waals surface area contributed by atoms with Crippen LogP contribution < -0.4 is 5.32 Å². The molecule has 4 heteroatoms. The summed E-state index contributed by atoms with van der Waals surface area (Å²) in [6, 6.07) is 0. The molecule has 0 saturated heterocycles. The topological polar surface area (TPSA) is 47.0 Å². The van der Waals surface area contributed by atoms with Crippen LogP contribution in [0.1, 0.15) is 63.0 Å².